The Morgan fingerprint density at radius 2 is 2.13 bits per heavy atom. The smallest absolute Gasteiger partial charge is 0.272 e. The minimum atomic E-state index is -0.755. The van der Waals surface area contributed by atoms with Crippen LogP contribution in [0.25, 0.3) is 5.69 Å². The Hall–Kier alpha value is -2.28. The first-order valence-corrected chi connectivity index (χ1v) is 7.40. The van der Waals surface area contributed by atoms with Gasteiger partial charge in [-0.15, -0.1) is 0 Å². The Bertz CT molecular complexity index is 701. The van der Waals surface area contributed by atoms with Gasteiger partial charge in [-0.25, -0.2) is 13.5 Å². The molecule has 0 saturated carbocycles. The summed E-state index contributed by atoms with van der Waals surface area (Å²) in [5, 5.41) is 15.8. The SMILES string of the molecule is CCC(CCO)NC(=O)c1cc(C)n(-c2ccc(F)cc2F)n1. The number of carbonyl (C=O) groups is 1. The standard InChI is InChI=1S/C16H19F2N3O2/c1-3-12(6-7-22)19-16(23)14-8-10(2)21(20-14)15-5-4-11(17)9-13(15)18/h4-5,8-9,12,22H,3,6-7H2,1-2H3,(H,19,23). The molecule has 0 bridgehead atoms. The molecule has 0 fully saturated rings. The highest BCUT2D eigenvalue weighted by atomic mass is 19.1. The van der Waals surface area contributed by atoms with Gasteiger partial charge in [0.25, 0.3) is 5.91 Å². The Labute approximate surface area is 132 Å². The number of aliphatic hydroxyl groups excluding tert-OH is 1. The summed E-state index contributed by atoms with van der Waals surface area (Å²) in [5.74, 6) is -1.83. The fraction of sp³-hybridized carbons (Fsp3) is 0.375. The Balaban J connectivity index is 2.25. The number of amides is 1. The quantitative estimate of drug-likeness (QED) is 0.857. The summed E-state index contributed by atoms with van der Waals surface area (Å²) in [6.45, 7) is 3.56. The summed E-state index contributed by atoms with van der Waals surface area (Å²) in [5.41, 5.74) is 0.767. The van der Waals surface area contributed by atoms with E-state index < -0.39 is 17.5 Å². The Morgan fingerprint density at radius 3 is 2.74 bits per heavy atom. The molecule has 1 heterocycles. The van der Waals surface area contributed by atoms with E-state index in [1.165, 1.54) is 16.8 Å². The molecule has 23 heavy (non-hydrogen) atoms. The lowest BCUT2D eigenvalue weighted by atomic mass is 10.1. The number of aliphatic hydroxyl groups is 1. The maximum absolute atomic E-state index is 13.9. The molecule has 0 radical (unpaired) electrons. The number of hydrogen-bond acceptors (Lipinski definition) is 3. The van der Waals surface area contributed by atoms with Crippen LogP contribution in [0.3, 0.4) is 0 Å². The molecule has 2 aromatic rings. The van der Waals surface area contributed by atoms with Crippen LogP contribution in [-0.2, 0) is 0 Å². The lowest BCUT2D eigenvalue weighted by Gasteiger charge is -2.14. The van der Waals surface area contributed by atoms with Gasteiger partial charge < -0.3 is 10.4 Å². The van der Waals surface area contributed by atoms with Gasteiger partial charge >= 0.3 is 0 Å². The van der Waals surface area contributed by atoms with E-state index in [2.05, 4.69) is 10.4 Å². The van der Waals surface area contributed by atoms with E-state index in [0.29, 0.717) is 18.5 Å². The second-order valence-corrected chi connectivity index (χ2v) is 5.27. The van der Waals surface area contributed by atoms with E-state index in [0.717, 1.165) is 12.1 Å². The van der Waals surface area contributed by atoms with Crippen LogP contribution in [0.4, 0.5) is 8.78 Å². The molecule has 1 atom stereocenters. The molecule has 0 aliphatic heterocycles. The molecular weight excluding hydrogens is 304 g/mol. The minimum absolute atomic E-state index is 0.0208. The first-order chi connectivity index (χ1) is 11.0. The highest BCUT2D eigenvalue weighted by molar-refractivity contribution is 5.92. The maximum atomic E-state index is 13.9. The first kappa shape index (κ1) is 17.1. The average molecular weight is 323 g/mol. The average Bonchev–Trinajstić information content (AvgIpc) is 2.88. The van der Waals surface area contributed by atoms with E-state index in [-0.39, 0.29) is 24.0 Å². The molecule has 0 aliphatic rings. The van der Waals surface area contributed by atoms with E-state index in [9.17, 15) is 13.6 Å². The number of benzene rings is 1. The van der Waals surface area contributed by atoms with Crippen LogP contribution in [0.15, 0.2) is 24.3 Å². The fourth-order valence-corrected chi connectivity index (χ4v) is 2.28. The molecule has 1 unspecified atom stereocenters. The molecule has 0 saturated heterocycles. The number of hydrogen-bond donors (Lipinski definition) is 2. The highest BCUT2D eigenvalue weighted by Gasteiger charge is 2.18. The van der Waals surface area contributed by atoms with Gasteiger partial charge in [0, 0.05) is 24.4 Å². The largest absolute Gasteiger partial charge is 0.396 e. The highest BCUT2D eigenvalue weighted by Crippen LogP contribution is 2.17. The van der Waals surface area contributed by atoms with Crippen molar-refractivity contribution in [2.24, 2.45) is 0 Å². The van der Waals surface area contributed by atoms with Crippen molar-refractivity contribution in [2.75, 3.05) is 6.61 Å². The third kappa shape index (κ3) is 3.92. The lowest BCUT2D eigenvalue weighted by Crippen LogP contribution is -2.35. The zero-order valence-electron chi connectivity index (χ0n) is 13.0. The molecule has 1 amide bonds. The molecule has 0 spiro atoms. The number of aryl methyl sites for hydroxylation is 1. The second-order valence-electron chi connectivity index (χ2n) is 5.27. The van der Waals surface area contributed by atoms with Gasteiger partial charge in [-0.3, -0.25) is 4.79 Å². The number of rotatable bonds is 6. The molecular formula is C16H19F2N3O2. The van der Waals surface area contributed by atoms with Crippen LogP contribution in [-0.4, -0.2) is 33.4 Å². The van der Waals surface area contributed by atoms with Crippen LogP contribution >= 0.6 is 0 Å². The van der Waals surface area contributed by atoms with Gasteiger partial charge in [0.2, 0.25) is 0 Å². The summed E-state index contributed by atoms with van der Waals surface area (Å²) in [6, 6.07) is 4.55. The van der Waals surface area contributed by atoms with E-state index >= 15 is 0 Å². The Morgan fingerprint density at radius 1 is 1.39 bits per heavy atom. The molecule has 0 aliphatic carbocycles. The Kier molecular flexibility index (Phi) is 5.44. The normalized spacial score (nSPS) is 12.2. The van der Waals surface area contributed by atoms with Crippen LogP contribution in [0.2, 0.25) is 0 Å². The van der Waals surface area contributed by atoms with Gasteiger partial charge in [-0.1, -0.05) is 6.92 Å². The van der Waals surface area contributed by atoms with E-state index in [1.807, 2.05) is 6.92 Å². The number of halogens is 2. The molecule has 1 aromatic heterocycles. The minimum Gasteiger partial charge on any atom is -0.396 e. The topological polar surface area (TPSA) is 67.2 Å². The number of carbonyl (C=O) groups excluding carboxylic acids is 1. The number of nitrogens with one attached hydrogen (secondary N) is 1. The van der Waals surface area contributed by atoms with Crippen molar-refractivity contribution in [3.05, 3.63) is 47.3 Å². The van der Waals surface area contributed by atoms with Gasteiger partial charge in [-0.2, -0.15) is 5.10 Å². The molecule has 5 nitrogen and oxygen atoms in total. The third-order valence-electron chi connectivity index (χ3n) is 3.56. The summed E-state index contributed by atoms with van der Waals surface area (Å²) in [6.07, 6.45) is 1.13. The third-order valence-corrected chi connectivity index (χ3v) is 3.56. The van der Waals surface area contributed by atoms with Gasteiger partial charge in [0.1, 0.15) is 11.5 Å². The molecule has 124 valence electrons. The van der Waals surface area contributed by atoms with Crippen molar-refractivity contribution >= 4 is 5.91 Å². The maximum Gasteiger partial charge on any atom is 0.272 e. The van der Waals surface area contributed by atoms with Crippen LogP contribution in [0.5, 0.6) is 0 Å². The molecule has 2 rings (SSSR count). The molecule has 2 N–H and O–H groups in total. The van der Waals surface area contributed by atoms with Crippen molar-refractivity contribution in [3.8, 4) is 5.69 Å². The molecule has 1 aromatic carbocycles. The lowest BCUT2D eigenvalue weighted by molar-refractivity contribution is 0.0923. The predicted molar refractivity (Wildman–Crippen MR) is 81.5 cm³/mol. The van der Waals surface area contributed by atoms with Gasteiger partial charge in [0.05, 0.1) is 0 Å². The summed E-state index contributed by atoms with van der Waals surface area (Å²) >= 11 is 0. The number of aromatic nitrogens is 2. The fourth-order valence-electron chi connectivity index (χ4n) is 2.28. The van der Waals surface area contributed by atoms with Gasteiger partial charge in [-0.05, 0) is 38.0 Å². The second kappa shape index (κ2) is 7.32. The zero-order chi connectivity index (χ0) is 17.0. The zero-order valence-corrected chi connectivity index (χ0v) is 13.0. The summed E-state index contributed by atoms with van der Waals surface area (Å²) in [7, 11) is 0. The van der Waals surface area contributed by atoms with Crippen LogP contribution < -0.4 is 5.32 Å². The van der Waals surface area contributed by atoms with Crippen LogP contribution in [0.1, 0.15) is 35.9 Å². The van der Waals surface area contributed by atoms with Crippen molar-refractivity contribution in [3.63, 3.8) is 0 Å². The summed E-state index contributed by atoms with van der Waals surface area (Å²) < 4.78 is 28.1. The van der Waals surface area contributed by atoms with Crippen molar-refractivity contribution in [2.45, 2.75) is 32.7 Å². The van der Waals surface area contributed by atoms with Crippen molar-refractivity contribution in [1.82, 2.24) is 15.1 Å². The van der Waals surface area contributed by atoms with Gasteiger partial charge in [0.15, 0.2) is 11.5 Å². The van der Waals surface area contributed by atoms with Crippen LogP contribution in [0, 0.1) is 18.6 Å². The molecule has 7 heteroatoms. The monoisotopic (exact) mass is 323 g/mol. The first-order valence-electron chi connectivity index (χ1n) is 7.40. The van der Waals surface area contributed by atoms with Crippen molar-refractivity contribution < 1.29 is 18.7 Å². The predicted octanol–water partition coefficient (Wildman–Crippen LogP) is 2.35. The van der Waals surface area contributed by atoms with E-state index in [4.69, 9.17) is 5.11 Å². The van der Waals surface area contributed by atoms with E-state index in [1.54, 1.807) is 6.92 Å². The summed E-state index contributed by atoms with van der Waals surface area (Å²) in [4.78, 5) is 12.2. The van der Waals surface area contributed by atoms with Crippen molar-refractivity contribution in [1.29, 1.82) is 0 Å². The number of nitrogens with zero attached hydrogens (tertiary/aromatic N) is 2.